The zero-order chi connectivity index (χ0) is 9.19. The summed E-state index contributed by atoms with van der Waals surface area (Å²) in [7, 11) is 0. The predicted octanol–water partition coefficient (Wildman–Crippen LogP) is 2.60. The molecule has 0 saturated heterocycles. The Labute approximate surface area is 78.8 Å². The normalized spacial score (nSPS) is 11.6. The smallest absolute Gasteiger partial charge is 0.115 e. The van der Waals surface area contributed by atoms with E-state index in [1.54, 1.807) is 12.1 Å². The molecule has 1 nitrogen and oxygen atoms in total. The fraction of sp³-hybridized carbons (Fsp3) is 0.400. The lowest BCUT2D eigenvalue weighted by Crippen LogP contribution is -2.18. The van der Waals surface area contributed by atoms with Crippen molar-refractivity contribution in [1.29, 1.82) is 0 Å². The third-order valence-electron chi connectivity index (χ3n) is 2.04. The largest absolute Gasteiger partial charge is 0.508 e. The summed E-state index contributed by atoms with van der Waals surface area (Å²) in [6.45, 7) is 4.26. The molecule has 0 aliphatic heterocycles. The maximum absolute atomic E-state index is 9.08. The number of phenols is 1. The van der Waals surface area contributed by atoms with Crippen LogP contribution in [0.2, 0.25) is 0 Å². The summed E-state index contributed by atoms with van der Waals surface area (Å²) < 4.78 is 0. The Morgan fingerprint density at radius 1 is 1.25 bits per heavy atom. The number of aromatic hydroxyl groups is 1. The average Bonchev–Trinajstić information content (AvgIpc) is 2.05. The van der Waals surface area contributed by atoms with Crippen LogP contribution >= 0.6 is 12.6 Å². The molecule has 1 aromatic rings. The van der Waals surface area contributed by atoms with Gasteiger partial charge in [-0.1, -0.05) is 26.0 Å². The predicted molar refractivity (Wildman–Crippen MR) is 55.0 cm³/mol. The molecule has 0 radical (unpaired) electrons. The summed E-state index contributed by atoms with van der Waals surface area (Å²) in [6, 6.07) is 7.29. The van der Waals surface area contributed by atoms with Crippen molar-refractivity contribution in [1.82, 2.24) is 0 Å². The fourth-order valence-corrected chi connectivity index (χ4v) is 1.19. The van der Waals surface area contributed by atoms with E-state index in [1.807, 2.05) is 12.1 Å². The Hall–Kier alpha value is -0.630. The molecule has 0 heterocycles. The number of rotatable bonds is 2. The van der Waals surface area contributed by atoms with Gasteiger partial charge in [0.25, 0.3) is 0 Å². The molecular formula is C10H14OS. The first-order valence-corrected chi connectivity index (χ1v) is 4.60. The van der Waals surface area contributed by atoms with Crippen LogP contribution in [-0.4, -0.2) is 10.9 Å². The van der Waals surface area contributed by atoms with E-state index in [4.69, 9.17) is 5.11 Å². The highest BCUT2D eigenvalue weighted by Gasteiger charge is 2.17. The van der Waals surface area contributed by atoms with Crippen LogP contribution in [0.5, 0.6) is 5.75 Å². The van der Waals surface area contributed by atoms with Crippen LogP contribution in [0.25, 0.3) is 0 Å². The first-order chi connectivity index (χ1) is 5.56. The molecule has 0 amide bonds. The fourth-order valence-electron chi connectivity index (χ4n) is 1.00. The minimum Gasteiger partial charge on any atom is -0.508 e. The lowest BCUT2D eigenvalue weighted by Gasteiger charge is -2.22. The summed E-state index contributed by atoms with van der Waals surface area (Å²) in [5.41, 5.74) is 1.28. The van der Waals surface area contributed by atoms with Gasteiger partial charge in [-0.15, -0.1) is 0 Å². The third kappa shape index (κ3) is 1.95. The first-order valence-electron chi connectivity index (χ1n) is 3.96. The van der Waals surface area contributed by atoms with Crippen LogP contribution in [0.15, 0.2) is 24.3 Å². The molecule has 0 saturated carbocycles. The van der Waals surface area contributed by atoms with E-state index in [9.17, 15) is 0 Å². The van der Waals surface area contributed by atoms with Gasteiger partial charge in [-0.2, -0.15) is 12.6 Å². The molecule has 1 rings (SSSR count). The van der Waals surface area contributed by atoms with Crippen molar-refractivity contribution in [3.8, 4) is 5.75 Å². The van der Waals surface area contributed by atoms with Crippen molar-refractivity contribution in [3.05, 3.63) is 29.8 Å². The first kappa shape index (κ1) is 9.46. The van der Waals surface area contributed by atoms with Crippen LogP contribution < -0.4 is 0 Å². The van der Waals surface area contributed by atoms with Crippen molar-refractivity contribution in [3.63, 3.8) is 0 Å². The van der Waals surface area contributed by atoms with Crippen molar-refractivity contribution in [2.24, 2.45) is 0 Å². The Kier molecular flexibility index (Phi) is 2.68. The Balaban J connectivity index is 2.96. The highest BCUT2D eigenvalue weighted by Crippen LogP contribution is 2.25. The standard InChI is InChI=1S/C10H14OS/c1-10(2,7-12)8-3-5-9(11)6-4-8/h3-6,11-12H,7H2,1-2H3. The molecule has 0 unspecified atom stereocenters. The van der Waals surface area contributed by atoms with Crippen molar-refractivity contribution < 1.29 is 5.11 Å². The van der Waals surface area contributed by atoms with Crippen LogP contribution in [-0.2, 0) is 5.41 Å². The van der Waals surface area contributed by atoms with E-state index in [2.05, 4.69) is 26.5 Å². The second kappa shape index (κ2) is 3.40. The molecule has 12 heavy (non-hydrogen) atoms. The minimum atomic E-state index is 0.0802. The van der Waals surface area contributed by atoms with E-state index in [0.717, 1.165) is 5.75 Å². The molecule has 0 atom stereocenters. The highest BCUT2D eigenvalue weighted by molar-refractivity contribution is 7.80. The highest BCUT2D eigenvalue weighted by atomic mass is 32.1. The van der Waals surface area contributed by atoms with Gasteiger partial charge in [0.15, 0.2) is 0 Å². The maximum atomic E-state index is 9.08. The van der Waals surface area contributed by atoms with Crippen LogP contribution in [0.4, 0.5) is 0 Å². The lowest BCUT2D eigenvalue weighted by molar-refractivity contribution is 0.474. The molecule has 0 fully saturated rings. The number of hydrogen-bond acceptors (Lipinski definition) is 2. The maximum Gasteiger partial charge on any atom is 0.115 e. The zero-order valence-electron chi connectivity index (χ0n) is 7.41. The number of hydrogen-bond donors (Lipinski definition) is 2. The van der Waals surface area contributed by atoms with Gasteiger partial charge in [0.05, 0.1) is 0 Å². The summed E-state index contributed by atoms with van der Waals surface area (Å²) >= 11 is 4.28. The van der Waals surface area contributed by atoms with Crippen molar-refractivity contribution in [2.75, 3.05) is 5.75 Å². The topological polar surface area (TPSA) is 20.2 Å². The van der Waals surface area contributed by atoms with E-state index in [1.165, 1.54) is 5.56 Å². The molecule has 0 aromatic heterocycles. The van der Waals surface area contributed by atoms with E-state index >= 15 is 0 Å². The summed E-state index contributed by atoms with van der Waals surface area (Å²) in [5, 5.41) is 9.08. The molecule has 1 N–H and O–H groups in total. The van der Waals surface area contributed by atoms with E-state index < -0.39 is 0 Å². The average molecular weight is 182 g/mol. The van der Waals surface area contributed by atoms with E-state index in [0.29, 0.717) is 5.75 Å². The molecular weight excluding hydrogens is 168 g/mol. The third-order valence-corrected chi connectivity index (χ3v) is 2.83. The molecule has 0 bridgehead atoms. The van der Waals surface area contributed by atoms with Crippen LogP contribution in [0.1, 0.15) is 19.4 Å². The Morgan fingerprint density at radius 3 is 2.17 bits per heavy atom. The number of thiol groups is 1. The van der Waals surface area contributed by atoms with Gasteiger partial charge in [-0.05, 0) is 28.9 Å². The van der Waals surface area contributed by atoms with Crippen molar-refractivity contribution >= 4 is 12.6 Å². The van der Waals surface area contributed by atoms with Gasteiger partial charge >= 0.3 is 0 Å². The molecule has 0 aliphatic rings. The van der Waals surface area contributed by atoms with Crippen LogP contribution in [0.3, 0.4) is 0 Å². The van der Waals surface area contributed by atoms with Crippen molar-refractivity contribution in [2.45, 2.75) is 19.3 Å². The second-order valence-corrected chi connectivity index (χ2v) is 3.91. The zero-order valence-corrected chi connectivity index (χ0v) is 8.31. The molecule has 0 spiro atoms. The SMILES string of the molecule is CC(C)(CS)c1ccc(O)cc1. The lowest BCUT2D eigenvalue weighted by atomic mass is 9.87. The summed E-state index contributed by atoms with van der Waals surface area (Å²) in [4.78, 5) is 0. The van der Waals surface area contributed by atoms with Gasteiger partial charge in [0.2, 0.25) is 0 Å². The molecule has 0 aliphatic carbocycles. The van der Waals surface area contributed by atoms with Gasteiger partial charge < -0.3 is 5.11 Å². The van der Waals surface area contributed by atoms with Gasteiger partial charge in [0.1, 0.15) is 5.75 Å². The summed E-state index contributed by atoms with van der Waals surface area (Å²) in [5.74, 6) is 1.12. The molecule has 66 valence electrons. The molecule has 2 heteroatoms. The second-order valence-electron chi connectivity index (χ2n) is 3.59. The van der Waals surface area contributed by atoms with Gasteiger partial charge in [-0.3, -0.25) is 0 Å². The van der Waals surface area contributed by atoms with Gasteiger partial charge in [0, 0.05) is 0 Å². The summed E-state index contributed by atoms with van der Waals surface area (Å²) in [6.07, 6.45) is 0. The minimum absolute atomic E-state index is 0.0802. The Bertz CT molecular complexity index is 251. The monoisotopic (exact) mass is 182 g/mol. The van der Waals surface area contributed by atoms with Crippen LogP contribution in [0, 0.1) is 0 Å². The number of benzene rings is 1. The van der Waals surface area contributed by atoms with E-state index in [-0.39, 0.29) is 5.41 Å². The Morgan fingerprint density at radius 2 is 1.75 bits per heavy atom. The number of phenolic OH excluding ortho intramolecular Hbond substituents is 1. The quantitative estimate of drug-likeness (QED) is 0.674. The molecule has 1 aromatic carbocycles. The van der Waals surface area contributed by atoms with Gasteiger partial charge in [-0.25, -0.2) is 0 Å².